The average molecular weight is 467 g/mol. The molecule has 0 aliphatic carbocycles. The summed E-state index contributed by atoms with van der Waals surface area (Å²) in [4.78, 5) is 17.0. The van der Waals surface area contributed by atoms with E-state index in [1.165, 1.54) is 11.3 Å². The Morgan fingerprint density at radius 3 is 2.44 bits per heavy atom. The minimum atomic E-state index is -3.73. The predicted molar refractivity (Wildman–Crippen MR) is 130 cm³/mol. The van der Waals surface area contributed by atoms with Gasteiger partial charge >= 0.3 is 6.03 Å². The van der Waals surface area contributed by atoms with Crippen molar-refractivity contribution in [3.05, 3.63) is 77.4 Å². The van der Waals surface area contributed by atoms with Crippen LogP contribution in [0.1, 0.15) is 16.7 Å². The lowest BCUT2D eigenvalue weighted by molar-refractivity contribution is 0.262. The average Bonchev–Trinajstić information content (AvgIpc) is 3.12. The number of nitrogens with zero attached hydrogens (tertiary/aromatic N) is 1. The SMILES string of the molecule is Cc1ccc(S(=O)(=O)Nc2nc3ccc(NC(=O)Nc4cccc(C)c4C)cc3s2)cc1. The molecule has 0 aliphatic rings. The first-order chi connectivity index (χ1) is 15.2. The molecule has 0 saturated carbocycles. The Kier molecular flexibility index (Phi) is 5.86. The van der Waals surface area contributed by atoms with Crippen molar-refractivity contribution in [2.24, 2.45) is 0 Å². The number of carbonyl (C=O) groups excluding carboxylic acids is 1. The Bertz CT molecular complexity index is 1410. The standard InChI is InChI=1S/C23H22N4O3S2/c1-14-7-10-18(11-8-14)32(29,30)27-23-26-20-12-9-17(13-21(20)31-23)24-22(28)25-19-6-4-5-15(2)16(19)3/h4-13H,1-3H3,(H,26,27)(H2,24,25,28). The van der Waals surface area contributed by atoms with Gasteiger partial charge in [0.05, 0.1) is 15.1 Å². The van der Waals surface area contributed by atoms with Gasteiger partial charge in [-0.3, -0.25) is 4.72 Å². The van der Waals surface area contributed by atoms with Crippen LogP contribution in [0.5, 0.6) is 0 Å². The van der Waals surface area contributed by atoms with E-state index in [-0.39, 0.29) is 16.1 Å². The molecule has 32 heavy (non-hydrogen) atoms. The number of aryl methyl sites for hydroxylation is 2. The summed E-state index contributed by atoms with van der Waals surface area (Å²) >= 11 is 1.20. The van der Waals surface area contributed by atoms with Crippen molar-refractivity contribution in [1.29, 1.82) is 0 Å². The highest BCUT2D eigenvalue weighted by atomic mass is 32.2. The van der Waals surface area contributed by atoms with Crippen LogP contribution in [-0.2, 0) is 10.0 Å². The largest absolute Gasteiger partial charge is 0.323 e. The van der Waals surface area contributed by atoms with Gasteiger partial charge < -0.3 is 10.6 Å². The van der Waals surface area contributed by atoms with Crippen LogP contribution in [0.25, 0.3) is 10.2 Å². The zero-order valence-electron chi connectivity index (χ0n) is 17.8. The maximum Gasteiger partial charge on any atom is 0.323 e. The van der Waals surface area contributed by atoms with Gasteiger partial charge in [0.1, 0.15) is 0 Å². The number of thiazole rings is 1. The molecule has 4 aromatic rings. The second-order valence-electron chi connectivity index (χ2n) is 7.45. The molecule has 0 radical (unpaired) electrons. The van der Waals surface area contributed by atoms with Gasteiger partial charge in [-0.1, -0.05) is 41.2 Å². The number of fused-ring (bicyclic) bond motifs is 1. The Labute approximate surface area is 190 Å². The summed E-state index contributed by atoms with van der Waals surface area (Å²) in [5.74, 6) is 0. The van der Waals surface area contributed by atoms with E-state index in [4.69, 9.17) is 0 Å². The minimum Gasteiger partial charge on any atom is -0.308 e. The first kappa shape index (κ1) is 21.8. The number of amides is 2. The maximum atomic E-state index is 12.6. The third-order valence-corrected chi connectivity index (χ3v) is 7.47. The van der Waals surface area contributed by atoms with Gasteiger partial charge in [-0.05, 0) is 68.3 Å². The van der Waals surface area contributed by atoms with Crippen LogP contribution in [0.3, 0.4) is 0 Å². The first-order valence-electron chi connectivity index (χ1n) is 9.85. The van der Waals surface area contributed by atoms with Crippen molar-refractivity contribution >= 4 is 54.1 Å². The van der Waals surface area contributed by atoms with E-state index in [2.05, 4.69) is 20.3 Å². The number of urea groups is 1. The van der Waals surface area contributed by atoms with E-state index < -0.39 is 10.0 Å². The van der Waals surface area contributed by atoms with Crippen LogP contribution in [0.15, 0.2) is 65.6 Å². The number of carbonyl (C=O) groups is 1. The number of aromatic nitrogens is 1. The number of rotatable bonds is 5. The summed E-state index contributed by atoms with van der Waals surface area (Å²) in [7, 11) is -3.73. The summed E-state index contributed by atoms with van der Waals surface area (Å²) < 4.78 is 28.5. The van der Waals surface area contributed by atoms with Crippen molar-refractivity contribution in [2.45, 2.75) is 25.7 Å². The van der Waals surface area contributed by atoms with E-state index in [1.54, 1.807) is 42.5 Å². The van der Waals surface area contributed by atoms with Gasteiger partial charge in [-0.15, -0.1) is 0 Å². The molecule has 4 rings (SSSR count). The van der Waals surface area contributed by atoms with Crippen LogP contribution >= 0.6 is 11.3 Å². The summed E-state index contributed by atoms with van der Waals surface area (Å²) in [5.41, 5.74) is 5.04. The third kappa shape index (κ3) is 4.74. The normalized spacial score (nSPS) is 11.3. The molecule has 0 saturated heterocycles. The summed E-state index contributed by atoms with van der Waals surface area (Å²) in [6, 6.07) is 17.2. The molecule has 1 heterocycles. The van der Waals surface area contributed by atoms with E-state index in [9.17, 15) is 13.2 Å². The highest BCUT2D eigenvalue weighted by Gasteiger charge is 2.17. The number of anilines is 3. The maximum absolute atomic E-state index is 12.6. The van der Waals surface area contributed by atoms with E-state index in [0.717, 1.165) is 27.1 Å². The molecule has 0 spiro atoms. The van der Waals surface area contributed by atoms with Gasteiger partial charge in [-0.2, -0.15) is 0 Å². The monoisotopic (exact) mass is 466 g/mol. The molecule has 164 valence electrons. The number of hydrogen-bond donors (Lipinski definition) is 3. The molecule has 3 N–H and O–H groups in total. The van der Waals surface area contributed by atoms with Crippen molar-refractivity contribution in [2.75, 3.05) is 15.4 Å². The molecule has 0 bridgehead atoms. The topological polar surface area (TPSA) is 100 Å². The van der Waals surface area contributed by atoms with Gasteiger partial charge in [-0.25, -0.2) is 18.2 Å². The molecule has 0 atom stereocenters. The number of sulfonamides is 1. The predicted octanol–water partition coefficient (Wildman–Crippen LogP) is 5.67. The molecule has 3 aromatic carbocycles. The van der Waals surface area contributed by atoms with Crippen molar-refractivity contribution in [3.8, 4) is 0 Å². The van der Waals surface area contributed by atoms with Crippen LogP contribution < -0.4 is 15.4 Å². The van der Waals surface area contributed by atoms with Crippen LogP contribution in [0.4, 0.5) is 21.3 Å². The fourth-order valence-corrected chi connectivity index (χ4v) is 5.25. The van der Waals surface area contributed by atoms with Crippen molar-refractivity contribution in [3.63, 3.8) is 0 Å². The number of benzene rings is 3. The van der Waals surface area contributed by atoms with Crippen LogP contribution in [-0.4, -0.2) is 19.4 Å². The zero-order chi connectivity index (χ0) is 22.9. The Hall–Kier alpha value is -3.43. The van der Waals surface area contributed by atoms with Crippen molar-refractivity contribution in [1.82, 2.24) is 4.98 Å². The van der Waals surface area contributed by atoms with Gasteiger partial charge in [0.2, 0.25) is 0 Å². The summed E-state index contributed by atoms with van der Waals surface area (Å²) in [6.07, 6.45) is 0. The zero-order valence-corrected chi connectivity index (χ0v) is 19.4. The highest BCUT2D eigenvalue weighted by molar-refractivity contribution is 7.93. The van der Waals surface area contributed by atoms with Crippen LogP contribution in [0, 0.1) is 20.8 Å². The summed E-state index contributed by atoms with van der Waals surface area (Å²) in [6.45, 7) is 5.83. The van der Waals surface area contributed by atoms with Gasteiger partial charge in [0.25, 0.3) is 10.0 Å². The molecule has 0 unspecified atom stereocenters. The smallest absolute Gasteiger partial charge is 0.308 e. The Morgan fingerprint density at radius 1 is 0.938 bits per heavy atom. The molecule has 1 aromatic heterocycles. The van der Waals surface area contributed by atoms with E-state index in [0.29, 0.717) is 11.2 Å². The minimum absolute atomic E-state index is 0.174. The van der Waals surface area contributed by atoms with E-state index in [1.807, 2.05) is 39.0 Å². The fraction of sp³-hybridized carbons (Fsp3) is 0.130. The van der Waals surface area contributed by atoms with Gasteiger partial charge in [0.15, 0.2) is 5.13 Å². The second kappa shape index (κ2) is 8.60. The molecule has 7 nitrogen and oxygen atoms in total. The number of nitrogens with one attached hydrogen (secondary N) is 3. The van der Waals surface area contributed by atoms with E-state index >= 15 is 0 Å². The molecular weight excluding hydrogens is 444 g/mol. The Balaban J connectivity index is 1.49. The molecule has 0 fully saturated rings. The lowest BCUT2D eigenvalue weighted by Crippen LogP contribution is -2.20. The lowest BCUT2D eigenvalue weighted by Gasteiger charge is -2.11. The van der Waals surface area contributed by atoms with Crippen molar-refractivity contribution < 1.29 is 13.2 Å². The van der Waals surface area contributed by atoms with Crippen LogP contribution in [0.2, 0.25) is 0 Å². The second-order valence-corrected chi connectivity index (χ2v) is 10.2. The molecule has 0 aliphatic heterocycles. The molecular formula is C23H22N4O3S2. The molecule has 9 heteroatoms. The lowest BCUT2D eigenvalue weighted by atomic mass is 10.1. The Morgan fingerprint density at radius 2 is 1.69 bits per heavy atom. The molecule has 2 amide bonds. The quantitative estimate of drug-likeness (QED) is 0.353. The summed E-state index contributed by atoms with van der Waals surface area (Å²) in [5, 5.41) is 5.92. The third-order valence-electron chi connectivity index (χ3n) is 5.05. The van der Waals surface area contributed by atoms with Gasteiger partial charge in [0, 0.05) is 11.4 Å². The highest BCUT2D eigenvalue weighted by Crippen LogP contribution is 2.30. The first-order valence-corrected chi connectivity index (χ1v) is 12.2. The number of hydrogen-bond acceptors (Lipinski definition) is 5. The fourth-order valence-electron chi connectivity index (χ4n) is 3.11.